The highest BCUT2D eigenvalue weighted by molar-refractivity contribution is 5.01. The Morgan fingerprint density at radius 2 is 1.93 bits per heavy atom. The molecule has 1 saturated carbocycles. The van der Waals surface area contributed by atoms with E-state index in [9.17, 15) is 5.11 Å². The Kier molecular flexibility index (Phi) is 1.75. The second-order valence-corrected chi connectivity index (χ2v) is 4.93. The van der Waals surface area contributed by atoms with Crippen molar-refractivity contribution in [1.82, 2.24) is 0 Å². The van der Waals surface area contributed by atoms with Gasteiger partial charge in [0.25, 0.3) is 0 Å². The van der Waals surface area contributed by atoms with Crippen LogP contribution in [0.25, 0.3) is 0 Å². The van der Waals surface area contributed by atoms with Crippen LogP contribution in [-0.4, -0.2) is 35.5 Å². The van der Waals surface area contributed by atoms with Gasteiger partial charge in [-0.15, -0.1) is 0 Å². The number of aliphatic hydroxyl groups is 1. The topological polar surface area (TPSA) is 47.9 Å². The predicted molar refractivity (Wildman–Crippen MR) is 47.4 cm³/mol. The van der Waals surface area contributed by atoms with Crippen molar-refractivity contribution in [3.8, 4) is 0 Å². The molecule has 5 atom stereocenters. The number of hydrogen-bond acceptors (Lipinski definition) is 4. The third-order valence-electron chi connectivity index (χ3n) is 3.36. The van der Waals surface area contributed by atoms with E-state index in [1.54, 1.807) is 0 Å². The van der Waals surface area contributed by atoms with E-state index in [0.29, 0.717) is 5.92 Å². The van der Waals surface area contributed by atoms with E-state index in [2.05, 4.69) is 0 Å². The van der Waals surface area contributed by atoms with Crippen LogP contribution in [0.15, 0.2) is 0 Å². The molecular formula is C10H16O4. The predicted octanol–water partition coefficient (Wildman–Crippen LogP) is 0.634. The van der Waals surface area contributed by atoms with Gasteiger partial charge in [0, 0.05) is 6.42 Å². The highest BCUT2D eigenvalue weighted by Gasteiger charge is 2.57. The fourth-order valence-electron chi connectivity index (χ4n) is 2.94. The van der Waals surface area contributed by atoms with Crippen molar-refractivity contribution in [1.29, 1.82) is 0 Å². The van der Waals surface area contributed by atoms with E-state index >= 15 is 0 Å². The summed E-state index contributed by atoms with van der Waals surface area (Å²) in [6.07, 6.45) is 1.30. The molecule has 1 aliphatic carbocycles. The fourth-order valence-corrected chi connectivity index (χ4v) is 2.94. The van der Waals surface area contributed by atoms with Crippen LogP contribution in [0.4, 0.5) is 0 Å². The Bertz CT molecular complexity index is 253. The van der Waals surface area contributed by atoms with Gasteiger partial charge in [0.2, 0.25) is 0 Å². The fraction of sp³-hybridized carbons (Fsp3) is 1.00. The maximum Gasteiger partial charge on any atom is 0.163 e. The van der Waals surface area contributed by atoms with Gasteiger partial charge in [-0.1, -0.05) is 0 Å². The van der Waals surface area contributed by atoms with Crippen molar-refractivity contribution in [3.05, 3.63) is 0 Å². The van der Waals surface area contributed by atoms with Crippen molar-refractivity contribution in [3.63, 3.8) is 0 Å². The molecule has 0 bridgehead atoms. The monoisotopic (exact) mass is 200 g/mol. The van der Waals surface area contributed by atoms with Crippen LogP contribution in [-0.2, 0) is 14.2 Å². The second-order valence-electron chi connectivity index (χ2n) is 4.93. The molecule has 80 valence electrons. The Balaban J connectivity index is 1.78. The van der Waals surface area contributed by atoms with E-state index in [1.165, 1.54) is 0 Å². The summed E-state index contributed by atoms with van der Waals surface area (Å²) in [5.74, 6) is -0.0758. The average Bonchev–Trinajstić information content (AvgIpc) is 2.58. The lowest BCUT2D eigenvalue weighted by Gasteiger charge is -2.21. The summed E-state index contributed by atoms with van der Waals surface area (Å²) in [7, 11) is 0. The Morgan fingerprint density at radius 1 is 1.14 bits per heavy atom. The lowest BCUT2D eigenvalue weighted by molar-refractivity contribution is -0.176. The largest absolute Gasteiger partial charge is 0.368 e. The number of aliphatic hydroxyl groups excluding tert-OH is 1. The van der Waals surface area contributed by atoms with Crippen LogP contribution in [0.1, 0.15) is 26.7 Å². The quantitative estimate of drug-likeness (QED) is 0.623. The maximum atomic E-state index is 9.37. The van der Waals surface area contributed by atoms with Gasteiger partial charge >= 0.3 is 0 Å². The molecule has 0 spiro atoms. The minimum atomic E-state index is -0.599. The molecule has 0 radical (unpaired) electrons. The highest BCUT2D eigenvalue weighted by atomic mass is 16.8. The Morgan fingerprint density at radius 3 is 2.71 bits per heavy atom. The van der Waals surface area contributed by atoms with E-state index in [4.69, 9.17) is 14.2 Å². The van der Waals surface area contributed by atoms with Crippen molar-refractivity contribution in [2.24, 2.45) is 5.92 Å². The molecule has 0 aromatic carbocycles. The Hall–Kier alpha value is -0.160. The van der Waals surface area contributed by atoms with Crippen LogP contribution in [0.3, 0.4) is 0 Å². The zero-order chi connectivity index (χ0) is 9.92. The van der Waals surface area contributed by atoms with Crippen molar-refractivity contribution >= 4 is 0 Å². The molecule has 0 amide bonds. The molecule has 14 heavy (non-hydrogen) atoms. The normalized spacial score (nSPS) is 54.6. The summed E-state index contributed by atoms with van der Waals surface area (Å²) in [5.41, 5.74) is 0. The van der Waals surface area contributed by atoms with E-state index in [1.807, 2.05) is 13.8 Å². The molecule has 0 aromatic rings. The van der Waals surface area contributed by atoms with Crippen LogP contribution in [0.2, 0.25) is 0 Å². The van der Waals surface area contributed by atoms with Gasteiger partial charge in [-0.2, -0.15) is 0 Å². The molecule has 4 heteroatoms. The first-order chi connectivity index (χ1) is 6.55. The van der Waals surface area contributed by atoms with E-state index in [0.717, 1.165) is 12.8 Å². The summed E-state index contributed by atoms with van der Waals surface area (Å²) in [6, 6.07) is 0. The molecule has 3 aliphatic rings. The zero-order valence-corrected chi connectivity index (χ0v) is 8.47. The molecule has 4 nitrogen and oxygen atoms in total. The smallest absolute Gasteiger partial charge is 0.163 e. The number of ether oxygens (including phenoxy) is 3. The molecular weight excluding hydrogens is 184 g/mol. The summed E-state index contributed by atoms with van der Waals surface area (Å²) in [4.78, 5) is 0. The molecule has 2 saturated heterocycles. The zero-order valence-electron chi connectivity index (χ0n) is 8.47. The van der Waals surface area contributed by atoms with Crippen LogP contribution in [0, 0.1) is 5.92 Å². The van der Waals surface area contributed by atoms with Crippen LogP contribution in [0.5, 0.6) is 0 Å². The van der Waals surface area contributed by atoms with Gasteiger partial charge in [-0.25, -0.2) is 0 Å². The first-order valence-electron chi connectivity index (χ1n) is 5.24. The lowest BCUT2D eigenvalue weighted by Crippen LogP contribution is -2.31. The van der Waals surface area contributed by atoms with Crippen molar-refractivity contribution < 1.29 is 19.3 Å². The van der Waals surface area contributed by atoms with E-state index in [-0.39, 0.29) is 18.3 Å². The highest BCUT2D eigenvalue weighted by Crippen LogP contribution is 2.47. The third-order valence-corrected chi connectivity index (χ3v) is 3.36. The van der Waals surface area contributed by atoms with Gasteiger partial charge in [0.1, 0.15) is 6.10 Å². The standard InChI is InChI=1S/C10H16O4/c1-10(2)13-6-3-5-4-7(11)12-8(5)9(6)14-10/h5-9,11H,3-4H2,1-2H3/t5-,6?,7?,8+,9?/m1/s1. The summed E-state index contributed by atoms with van der Waals surface area (Å²) >= 11 is 0. The summed E-state index contributed by atoms with van der Waals surface area (Å²) in [5, 5.41) is 9.37. The van der Waals surface area contributed by atoms with Gasteiger partial charge in [-0.3, -0.25) is 0 Å². The molecule has 2 heterocycles. The SMILES string of the molecule is CC1(C)OC2C[C@@H]3CC(O)O[C@@H]3C2O1. The van der Waals surface area contributed by atoms with Crippen LogP contribution < -0.4 is 0 Å². The van der Waals surface area contributed by atoms with Crippen LogP contribution >= 0.6 is 0 Å². The minimum Gasteiger partial charge on any atom is -0.368 e. The minimum absolute atomic E-state index is 0.0205. The molecule has 0 aromatic heterocycles. The van der Waals surface area contributed by atoms with E-state index < -0.39 is 12.1 Å². The maximum absolute atomic E-state index is 9.37. The molecule has 3 rings (SSSR count). The summed E-state index contributed by atoms with van der Waals surface area (Å²) in [6.45, 7) is 3.84. The van der Waals surface area contributed by atoms with Gasteiger partial charge in [-0.05, 0) is 26.2 Å². The third kappa shape index (κ3) is 1.21. The number of hydrogen-bond donors (Lipinski definition) is 1. The molecule has 3 fully saturated rings. The number of fused-ring (bicyclic) bond motifs is 3. The van der Waals surface area contributed by atoms with Gasteiger partial charge in [0.05, 0.1) is 12.2 Å². The van der Waals surface area contributed by atoms with Gasteiger partial charge in [0.15, 0.2) is 12.1 Å². The van der Waals surface area contributed by atoms with Gasteiger partial charge < -0.3 is 19.3 Å². The van der Waals surface area contributed by atoms with Crippen molar-refractivity contribution in [2.45, 2.75) is 57.1 Å². The number of rotatable bonds is 0. The first kappa shape index (κ1) is 9.09. The second kappa shape index (κ2) is 2.70. The molecule has 3 unspecified atom stereocenters. The average molecular weight is 200 g/mol. The first-order valence-corrected chi connectivity index (χ1v) is 5.24. The molecule has 1 N–H and O–H groups in total. The molecule has 2 aliphatic heterocycles. The summed E-state index contributed by atoms with van der Waals surface area (Å²) < 4.78 is 17.0. The Labute approximate surface area is 83.1 Å². The lowest BCUT2D eigenvalue weighted by atomic mass is 10.0. The van der Waals surface area contributed by atoms with Crippen molar-refractivity contribution in [2.75, 3.05) is 0 Å².